The van der Waals surface area contributed by atoms with Crippen LogP contribution in [0.3, 0.4) is 0 Å². The molecular formula is C28H26BrFN4O3. The SMILES string of the molecule is NCCOc1ccc(CCC2(c3cn(-c4ccc(Br)cc4)nc3-c3ccc(F)cc3)NC(=O)CO2)cc1. The molecule has 0 saturated carbocycles. The first-order valence-electron chi connectivity index (χ1n) is 11.9. The molecule has 2 heterocycles. The first-order valence-corrected chi connectivity index (χ1v) is 12.7. The number of hydrogen-bond acceptors (Lipinski definition) is 5. The molecule has 5 rings (SSSR count). The Labute approximate surface area is 222 Å². The third kappa shape index (κ3) is 5.58. The summed E-state index contributed by atoms with van der Waals surface area (Å²) < 4.78 is 28.1. The van der Waals surface area contributed by atoms with Gasteiger partial charge in [0.15, 0.2) is 5.72 Å². The van der Waals surface area contributed by atoms with Gasteiger partial charge in [0.25, 0.3) is 0 Å². The van der Waals surface area contributed by atoms with Crippen LogP contribution in [0.5, 0.6) is 5.75 Å². The van der Waals surface area contributed by atoms with Crippen molar-refractivity contribution in [1.29, 1.82) is 0 Å². The molecule has 1 fully saturated rings. The molecule has 37 heavy (non-hydrogen) atoms. The van der Waals surface area contributed by atoms with Gasteiger partial charge < -0.3 is 20.5 Å². The largest absolute Gasteiger partial charge is 0.492 e. The zero-order chi connectivity index (χ0) is 25.8. The van der Waals surface area contributed by atoms with E-state index < -0.39 is 5.72 Å². The van der Waals surface area contributed by atoms with Gasteiger partial charge >= 0.3 is 0 Å². The lowest BCUT2D eigenvalue weighted by atomic mass is 9.93. The molecule has 3 N–H and O–H groups in total. The first-order chi connectivity index (χ1) is 18.0. The minimum absolute atomic E-state index is 0.0574. The third-order valence-electron chi connectivity index (χ3n) is 6.22. The molecule has 0 spiro atoms. The fraction of sp³-hybridized carbons (Fsp3) is 0.214. The number of nitrogens with two attached hydrogens (primary N) is 1. The zero-order valence-electron chi connectivity index (χ0n) is 20.0. The van der Waals surface area contributed by atoms with Crippen molar-refractivity contribution in [3.63, 3.8) is 0 Å². The Morgan fingerprint density at radius 2 is 1.81 bits per heavy atom. The van der Waals surface area contributed by atoms with Crippen LogP contribution in [-0.4, -0.2) is 35.4 Å². The lowest BCUT2D eigenvalue weighted by Gasteiger charge is -2.28. The highest BCUT2D eigenvalue weighted by Crippen LogP contribution is 2.38. The van der Waals surface area contributed by atoms with Crippen molar-refractivity contribution in [2.24, 2.45) is 5.73 Å². The van der Waals surface area contributed by atoms with Crippen molar-refractivity contribution in [1.82, 2.24) is 15.1 Å². The van der Waals surface area contributed by atoms with Crippen LogP contribution in [0.25, 0.3) is 16.9 Å². The molecule has 1 aromatic heterocycles. The number of nitrogens with zero attached hydrogens (tertiary/aromatic N) is 2. The van der Waals surface area contributed by atoms with E-state index in [9.17, 15) is 9.18 Å². The summed E-state index contributed by atoms with van der Waals surface area (Å²) in [6, 6.07) is 21.7. The summed E-state index contributed by atoms with van der Waals surface area (Å²) in [6.45, 7) is 0.848. The molecule has 9 heteroatoms. The summed E-state index contributed by atoms with van der Waals surface area (Å²) in [7, 11) is 0. The number of ether oxygens (including phenoxy) is 2. The summed E-state index contributed by atoms with van der Waals surface area (Å²) in [5.41, 5.74) is 8.35. The second kappa shape index (κ2) is 10.8. The van der Waals surface area contributed by atoms with Crippen molar-refractivity contribution in [2.75, 3.05) is 19.8 Å². The van der Waals surface area contributed by atoms with Gasteiger partial charge in [-0.15, -0.1) is 0 Å². The van der Waals surface area contributed by atoms with E-state index in [1.807, 2.05) is 54.7 Å². The lowest BCUT2D eigenvalue weighted by molar-refractivity contribution is -0.119. The maximum atomic E-state index is 13.7. The van der Waals surface area contributed by atoms with E-state index in [1.165, 1.54) is 12.1 Å². The standard InChI is InChI=1S/C28H26BrFN4O3/c29-21-5-9-23(10-6-21)34-17-25(27(33-34)20-3-7-22(30)8-4-20)28(32-26(35)18-37-28)14-13-19-1-11-24(12-2-19)36-16-15-31/h1-12,17H,13-16,18,31H2,(H,32,35). The molecule has 1 aliphatic rings. The number of carbonyl (C=O) groups is 1. The highest BCUT2D eigenvalue weighted by atomic mass is 79.9. The van der Waals surface area contributed by atoms with Gasteiger partial charge in [0, 0.05) is 29.2 Å². The molecule has 3 aromatic carbocycles. The van der Waals surface area contributed by atoms with Gasteiger partial charge in [0.2, 0.25) is 5.91 Å². The molecule has 190 valence electrons. The van der Waals surface area contributed by atoms with E-state index in [-0.39, 0.29) is 18.3 Å². The third-order valence-corrected chi connectivity index (χ3v) is 6.75. The number of hydrogen-bond donors (Lipinski definition) is 2. The van der Waals surface area contributed by atoms with E-state index in [2.05, 4.69) is 21.2 Å². The highest BCUT2D eigenvalue weighted by molar-refractivity contribution is 9.10. The summed E-state index contributed by atoms with van der Waals surface area (Å²) in [5.74, 6) is 0.215. The van der Waals surface area contributed by atoms with Gasteiger partial charge in [-0.1, -0.05) is 28.1 Å². The Hall–Kier alpha value is -3.53. The molecule has 0 radical (unpaired) electrons. The van der Waals surface area contributed by atoms with Crippen LogP contribution in [0.2, 0.25) is 0 Å². The number of carbonyl (C=O) groups excluding carboxylic acids is 1. The molecule has 1 saturated heterocycles. The van der Waals surface area contributed by atoms with Crippen LogP contribution in [0.4, 0.5) is 4.39 Å². The summed E-state index contributed by atoms with van der Waals surface area (Å²) in [4.78, 5) is 12.5. The van der Waals surface area contributed by atoms with Gasteiger partial charge in [-0.25, -0.2) is 9.07 Å². The number of benzene rings is 3. The summed E-state index contributed by atoms with van der Waals surface area (Å²) >= 11 is 3.46. The van der Waals surface area contributed by atoms with Crippen LogP contribution in [-0.2, 0) is 21.7 Å². The predicted octanol–water partition coefficient (Wildman–Crippen LogP) is 4.71. The van der Waals surface area contributed by atoms with Gasteiger partial charge in [-0.2, -0.15) is 5.10 Å². The Balaban J connectivity index is 1.52. The number of halogens is 2. The average molecular weight is 565 g/mol. The number of rotatable bonds is 9. The van der Waals surface area contributed by atoms with E-state index in [0.717, 1.165) is 27.0 Å². The average Bonchev–Trinajstić information content (AvgIpc) is 3.53. The summed E-state index contributed by atoms with van der Waals surface area (Å²) in [5, 5.41) is 7.89. The van der Waals surface area contributed by atoms with Crippen molar-refractivity contribution in [3.05, 3.63) is 100 Å². The van der Waals surface area contributed by atoms with Crippen molar-refractivity contribution < 1.29 is 18.7 Å². The van der Waals surface area contributed by atoms with Gasteiger partial charge in [-0.05, 0) is 72.6 Å². The van der Waals surface area contributed by atoms with Crippen molar-refractivity contribution in [2.45, 2.75) is 18.6 Å². The molecule has 0 aliphatic carbocycles. The second-order valence-electron chi connectivity index (χ2n) is 8.76. The van der Waals surface area contributed by atoms with E-state index in [1.54, 1.807) is 16.8 Å². The Morgan fingerprint density at radius 1 is 1.08 bits per heavy atom. The summed E-state index contributed by atoms with van der Waals surface area (Å²) in [6.07, 6.45) is 2.98. The highest BCUT2D eigenvalue weighted by Gasteiger charge is 2.43. The number of aromatic nitrogens is 2. The number of nitrogens with one attached hydrogen (secondary N) is 1. The lowest BCUT2D eigenvalue weighted by Crippen LogP contribution is -2.40. The van der Waals surface area contributed by atoms with Crippen molar-refractivity contribution >= 4 is 21.8 Å². The smallest absolute Gasteiger partial charge is 0.248 e. The second-order valence-corrected chi connectivity index (χ2v) is 9.68. The van der Waals surface area contributed by atoms with E-state index in [0.29, 0.717) is 37.3 Å². The van der Waals surface area contributed by atoms with Gasteiger partial charge in [0.05, 0.1) is 11.3 Å². The molecular weight excluding hydrogens is 539 g/mol. The van der Waals surface area contributed by atoms with Crippen LogP contribution >= 0.6 is 15.9 Å². The predicted molar refractivity (Wildman–Crippen MR) is 142 cm³/mol. The fourth-order valence-corrected chi connectivity index (χ4v) is 4.63. The monoisotopic (exact) mass is 564 g/mol. The molecule has 0 bridgehead atoms. The molecule has 1 aliphatic heterocycles. The molecule has 7 nitrogen and oxygen atoms in total. The number of amides is 1. The first kappa shape index (κ1) is 25.1. The maximum Gasteiger partial charge on any atom is 0.248 e. The minimum Gasteiger partial charge on any atom is -0.492 e. The Morgan fingerprint density at radius 3 is 2.46 bits per heavy atom. The Bertz CT molecular complexity index is 1370. The van der Waals surface area contributed by atoms with Crippen LogP contribution in [0.15, 0.2) is 83.5 Å². The van der Waals surface area contributed by atoms with Crippen LogP contribution in [0, 0.1) is 5.82 Å². The quantitative estimate of drug-likeness (QED) is 0.307. The molecule has 1 unspecified atom stereocenters. The molecule has 4 aromatic rings. The topological polar surface area (TPSA) is 91.4 Å². The molecule has 1 amide bonds. The molecule has 1 atom stereocenters. The zero-order valence-corrected chi connectivity index (χ0v) is 21.6. The van der Waals surface area contributed by atoms with Crippen molar-refractivity contribution in [3.8, 4) is 22.7 Å². The van der Waals surface area contributed by atoms with Gasteiger partial charge in [0.1, 0.15) is 30.5 Å². The van der Waals surface area contributed by atoms with E-state index in [4.69, 9.17) is 20.3 Å². The Kier molecular flexibility index (Phi) is 7.36. The van der Waals surface area contributed by atoms with Crippen LogP contribution in [0.1, 0.15) is 17.5 Å². The van der Waals surface area contributed by atoms with E-state index >= 15 is 0 Å². The van der Waals surface area contributed by atoms with Gasteiger partial charge in [-0.3, -0.25) is 4.79 Å². The minimum atomic E-state index is -1.09. The maximum absolute atomic E-state index is 13.7. The fourth-order valence-electron chi connectivity index (χ4n) is 4.37. The normalized spacial score (nSPS) is 17.1. The number of aryl methyl sites for hydroxylation is 1. The van der Waals surface area contributed by atoms with Crippen LogP contribution < -0.4 is 15.8 Å².